The monoisotopic (exact) mass is 447 g/mol. The van der Waals surface area contributed by atoms with E-state index in [1.54, 1.807) is 26.0 Å². The van der Waals surface area contributed by atoms with Crippen LogP contribution in [0.5, 0.6) is 11.5 Å². The van der Waals surface area contributed by atoms with Crippen LogP contribution in [0.4, 0.5) is 10.1 Å². The molecule has 0 aliphatic rings. The molecule has 0 bridgehead atoms. The zero-order valence-electron chi connectivity index (χ0n) is 18.2. The van der Waals surface area contributed by atoms with Crippen LogP contribution in [0.2, 0.25) is 0 Å². The number of nitrogens with zero attached hydrogens (tertiary/aromatic N) is 2. The van der Waals surface area contributed by atoms with Crippen molar-refractivity contribution < 1.29 is 28.4 Å². The van der Waals surface area contributed by atoms with Gasteiger partial charge in [0.05, 0.1) is 12.0 Å². The van der Waals surface area contributed by atoms with E-state index in [1.807, 2.05) is 0 Å². The van der Waals surface area contributed by atoms with Crippen molar-refractivity contribution >= 4 is 17.5 Å². The summed E-state index contributed by atoms with van der Waals surface area (Å²) in [6.07, 6.45) is 0.365. The van der Waals surface area contributed by atoms with E-state index >= 15 is 0 Å². The van der Waals surface area contributed by atoms with Gasteiger partial charge in [-0.1, -0.05) is 19.1 Å². The molecule has 2 rings (SSSR count). The summed E-state index contributed by atoms with van der Waals surface area (Å²) in [4.78, 5) is 37.4. The van der Waals surface area contributed by atoms with Gasteiger partial charge in [-0.2, -0.15) is 0 Å². The standard InChI is InChI=1S/C22H26FN3O6/c1-4-18(22(28)24-5-2)25(13-15-6-8-16(23)9-7-15)21(27)14-32-17-10-11-19(26(29)30)20(12-17)31-3/h6-12,18H,4-5,13-14H2,1-3H3,(H,24,28)/t18-/m1/s1. The third-order valence-corrected chi connectivity index (χ3v) is 4.71. The molecule has 32 heavy (non-hydrogen) atoms. The highest BCUT2D eigenvalue weighted by Gasteiger charge is 2.28. The van der Waals surface area contributed by atoms with Crippen LogP contribution >= 0.6 is 0 Å². The van der Waals surface area contributed by atoms with Gasteiger partial charge >= 0.3 is 5.69 Å². The van der Waals surface area contributed by atoms with E-state index in [-0.39, 0.29) is 29.6 Å². The average Bonchev–Trinajstić information content (AvgIpc) is 2.78. The van der Waals surface area contributed by atoms with E-state index in [4.69, 9.17) is 9.47 Å². The Hall–Kier alpha value is -3.69. The van der Waals surface area contributed by atoms with Gasteiger partial charge < -0.3 is 19.7 Å². The minimum absolute atomic E-state index is 0.00289. The third kappa shape index (κ3) is 6.40. The summed E-state index contributed by atoms with van der Waals surface area (Å²) in [6.45, 7) is 3.65. The number of methoxy groups -OCH3 is 1. The van der Waals surface area contributed by atoms with E-state index < -0.39 is 29.3 Å². The summed E-state index contributed by atoms with van der Waals surface area (Å²) in [5, 5.41) is 13.7. The molecule has 1 atom stereocenters. The van der Waals surface area contributed by atoms with Crippen LogP contribution < -0.4 is 14.8 Å². The topological polar surface area (TPSA) is 111 Å². The van der Waals surface area contributed by atoms with Crippen LogP contribution in [0.3, 0.4) is 0 Å². The minimum Gasteiger partial charge on any atom is -0.490 e. The van der Waals surface area contributed by atoms with Gasteiger partial charge in [-0.25, -0.2) is 4.39 Å². The fourth-order valence-electron chi connectivity index (χ4n) is 3.12. The van der Waals surface area contributed by atoms with Crippen molar-refractivity contribution in [3.8, 4) is 11.5 Å². The van der Waals surface area contributed by atoms with Crippen molar-refractivity contribution in [3.05, 3.63) is 64.0 Å². The molecule has 2 aromatic carbocycles. The molecule has 10 heteroatoms. The molecule has 172 valence electrons. The average molecular weight is 447 g/mol. The molecule has 0 heterocycles. The molecule has 0 spiro atoms. The second-order valence-corrected chi connectivity index (χ2v) is 6.85. The van der Waals surface area contributed by atoms with E-state index in [0.717, 1.165) is 0 Å². The molecule has 0 unspecified atom stereocenters. The van der Waals surface area contributed by atoms with Crippen molar-refractivity contribution in [2.45, 2.75) is 32.9 Å². The zero-order chi connectivity index (χ0) is 23.7. The third-order valence-electron chi connectivity index (χ3n) is 4.71. The van der Waals surface area contributed by atoms with Gasteiger partial charge in [-0.15, -0.1) is 0 Å². The molecule has 0 aliphatic carbocycles. The molecular formula is C22H26FN3O6. The molecule has 0 radical (unpaired) electrons. The van der Waals surface area contributed by atoms with Crippen molar-refractivity contribution in [2.24, 2.45) is 0 Å². The molecule has 0 saturated heterocycles. The Labute approximate surface area is 185 Å². The Morgan fingerprint density at radius 1 is 1.19 bits per heavy atom. The number of hydrogen-bond acceptors (Lipinski definition) is 6. The first-order valence-corrected chi connectivity index (χ1v) is 10.1. The highest BCUT2D eigenvalue weighted by Crippen LogP contribution is 2.30. The Morgan fingerprint density at radius 2 is 1.88 bits per heavy atom. The lowest BCUT2D eigenvalue weighted by Gasteiger charge is -2.30. The number of amides is 2. The lowest BCUT2D eigenvalue weighted by atomic mass is 10.1. The SMILES string of the molecule is CCNC(=O)[C@@H](CC)N(Cc1ccc(F)cc1)C(=O)COc1ccc([N+](=O)[O-])c(OC)c1. The molecule has 0 aliphatic heterocycles. The molecule has 9 nitrogen and oxygen atoms in total. The smallest absolute Gasteiger partial charge is 0.311 e. The van der Waals surface area contributed by atoms with E-state index in [9.17, 15) is 24.1 Å². The normalized spacial score (nSPS) is 11.4. The summed E-state index contributed by atoms with van der Waals surface area (Å²) in [6, 6.07) is 8.80. The van der Waals surface area contributed by atoms with E-state index in [1.165, 1.54) is 42.3 Å². The van der Waals surface area contributed by atoms with Crippen molar-refractivity contribution in [1.29, 1.82) is 0 Å². The maximum atomic E-state index is 13.3. The fraction of sp³-hybridized carbons (Fsp3) is 0.364. The first kappa shape index (κ1) is 24.6. The van der Waals surface area contributed by atoms with E-state index in [0.29, 0.717) is 18.5 Å². The number of carbonyl (C=O) groups excluding carboxylic acids is 2. The van der Waals surface area contributed by atoms with Gasteiger partial charge in [0, 0.05) is 25.2 Å². The first-order valence-electron chi connectivity index (χ1n) is 10.1. The second-order valence-electron chi connectivity index (χ2n) is 6.85. The summed E-state index contributed by atoms with van der Waals surface area (Å²) in [5.74, 6) is -0.976. The minimum atomic E-state index is -0.748. The number of hydrogen-bond donors (Lipinski definition) is 1. The maximum Gasteiger partial charge on any atom is 0.311 e. The summed E-state index contributed by atoms with van der Waals surface area (Å²) in [5.41, 5.74) is 0.422. The van der Waals surface area contributed by atoms with Gasteiger partial charge in [0.15, 0.2) is 6.61 Å². The van der Waals surface area contributed by atoms with Gasteiger partial charge in [0.25, 0.3) is 5.91 Å². The largest absolute Gasteiger partial charge is 0.490 e. The number of nitro benzene ring substituents is 1. The highest BCUT2D eigenvalue weighted by atomic mass is 19.1. The molecule has 1 N–H and O–H groups in total. The summed E-state index contributed by atoms with van der Waals surface area (Å²) < 4.78 is 23.8. The molecular weight excluding hydrogens is 421 g/mol. The van der Waals surface area contributed by atoms with Gasteiger partial charge in [0.1, 0.15) is 17.6 Å². The van der Waals surface area contributed by atoms with Crippen LogP contribution in [-0.2, 0) is 16.1 Å². The molecule has 2 aromatic rings. The number of carbonyl (C=O) groups is 2. The lowest BCUT2D eigenvalue weighted by Crippen LogP contribution is -2.50. The quantitative estimate of drug-likeness (QED) is 0.419. The van der Waals surface area contributed by atoms with Crippen LogP contribution in [0, 0.1) is 15.9 Å². The van der Waals surface area contributed by atoms with E-state index in [2.05, 4.69) is 5.32 Å². The fourth-order valence-corrected chi connectivity index (χ4v) is 3.12. The number of halogens is 1. The van der Waals surface area contributed by atoms with Gasteiger partial charge in [-0.05, 0) is 37.1 Å². The number of benzene rings is 2. The predicted molar refractivity (Wildman–Crippen MR) is 115 cm³/mol. The number of ether oxygens (including phenoxy) is 2. The van der Waals surface area contributed by atoms with Crippen LogP contribution in [0.1, 0.15) is 25.8 Å². The second kappa shape index (κ2) is 11.6. The zero-order valence-corrected chi connectivity index (χ0v) is 18.2. The lowest BCUT2D eigenvalue weighted by molar-refractivity contribution is -0.385. The number of nitrogens with one attached hydrogen (secondary N) is 1. The number of nitro groups is 1. The first-order chi connectivity index (χ1) is 15.3. The Bertz CT molecular complexity index is 951. The predicted octanol–water partition coefficient (Wildman–Crippen LogP) is 3.06. The summed E-state index contributed by atoms with van der Waals surface area (Å²) in [7, 11) is 1.29. The highest BCUT2D eigenvalue weighted by molar-refractivity contribution is 5.88. The maximum absolute atomic E-state index is 13.3. The van der Waals surface area contributed by atoms with Crippen molar-refractivity contribution in [3.63, 3.8) is 0 Å². The summed E-state index contributed by atoms with van der Waals surface area (Å²) >= 11 is 0. The van der Waals surface area contributed by atoms with Crippen LogP contribution in [0.25, 0.3) is 0 Å². The molecule has 0 saturated carbocycles. The molecule has 0 aromatic heterocycles. The van der Waals surface area contributed by atoms with Gasteiger partial charge in [0.2, 0.25) is 11.7 Å². The number of rotatable bonds is 11. The van der Waals surface area contributed by atoms with Crippen molar-refractivity contribution in [1.82, 2.24) is 10.2 Å². The Morgan fingerprint density at radius 3 is 2.44 bits per heavy atom. The van der Waals surface area contributed by atoms with Crippen LogP contribution in [0.15, 0.2) is 42.5 Å². The number of likely N-dealkylation sites (N-methyl/N-ethyl adjacent to an activating group) is 1. The molecule has 0 fully saturated rings. The Balaban J connectivity index is 2.22. The van der Waals surface area contributed by atoms with Gasteiger partial charge in [-0.3, -0.25) is 19.7 Å². The van der Waals surface area contributed by atoms with Crippen molar-refractivity contribution in [2.75, 3.05) is 20.3 Å². The van der Waals surface area contributed by atoms with Crippen LogP contribution in [-0.4, -0.2) is 47.9 Å². The Kier molecular flexibility index (Phi) is 8.94. The molecule has 2 amide bonds.